The second-order valence-corrected chi connectivity index (χ2v) is 9.71. The third-order valence-corrected chi connectivity index (χ3v) is 7.75. The molecule has 0 atom stereocenters. The molecular formula is C24H24N4O3S. The van der Waals surface area contributed by atoms with Crippen LogP contribution in [0.25, 0.3) is 5.69 Å². The fourth-order valence-corrected chi connectivity index (χ4v) is 5.63. The SMILES string of the molecule is Cc1ccc(C)n1-c1ccc(C(=O)N2CCN(S(=O)(=O)c3ccccc3C#N)CC2)cc1. The van der Waals surface area contributed by atoms with E-state index < -0.39 is 10.0 Å². The number of hydrogen-bond donors (Lipinski definition) is 0. The number of sulfonamides is 1. The molecule has 1 fully saturated rings. The van der Waals surface area contributed by atoms with Crippen molar-refractivity contribution in [1.29, 1.82) is 5.26 Å². The Labute approximate surface area is 188 Å². The quantitative estimate of drug-likeness (QED) is 0.614. The van der Waals surface area contributed by atoms with Gasteiger partial charge in [-0.3, -0.25) is 4.79 Å². The van der Waals surface area contributed by atoms with Gasteiger partial charge in [-0.1, -0.05) is 12.1 Å². The minimum Gasteiger partial charge on any atom is -0.336 e. The van der Waals surface area contributed by atoms with Crippen molar-refractivity contribution in [1.82, 2.24) is 13.8 Å². The van der Waals surface area contributed by atoms with Gasteiger partial charge in [-0.05, 0) is 62.4 Å². The molecule has 32 heavy (non-hydrogen) atoms. The number of rotatable bonds is 4. The van der Waals surface area contributed by atoms with Crippen LogP contribution >= 0.6 is 0 Å². The van der Waals surface area contributed by atoms with Crippen molar-refractivity contribution >= 4 is 15.9 Å². The summed E-state index contributed by atoms with van der Waals surface area (Å²) >= 11 is 0. The van der Waals surface area contributed by atoms with E-state index in [1.807, 2.05) is 44.2 Å². The van der Waals surface area contributed by atoms with Gasteiger partial charge in [0.05, 0.1) is 10.5 Å². The molecule has 4 rings (SSSR count). The first-order chi connectivity index (χ1) is 15.3. The maximum atomic E-state index is 13.0. The van der Waals surface area contributed by atoms with Crippen LogP contribution in [0, 0.1) is 25.2 Å². The Kier molecular flexibility index (Phi) is 5.87. The maximum Gasteiger partial charge on any atom is 0.253 e. The van der Waals surface area contributed by atoms with Gasteiger partial charge in [0.1, 0.15) is 6.07 Å². The Balaban J connectivity index is 1.45. The van der Waals surface area contributed by atoms with Crippen LogP contribution in [0.2, 0.25) is 0 Å². The van der Waals surface area contributed by atoms with E-state index in [1.165, 1.54) is 16.4 Å². The third kappa shape index (κ3) is 3.93. The van der Waals surface area contributed by atoms with Crippen LogP contribution in [0.4, 0.5) is 0 Å². The highest BCUT2D eigenvalue weighted by Crippen LogP contribution is 2.22. The summed E-state index contributed by atoms with van der Waals surface area (Å²) < 4.78 is 29.4. The summed E-state index contributed by atoms with van der Waals surface area (Å²) in [7, 11) is -3.79. The number of aromatic nitrogens is 1. The smallest absolute Gasteiger partial charge is 0.253 e. The molecule has 0 aliphatic carbocycles. The fourth-order valence-electron chi connectivity index (χ4n) is 4.07. The zero-order valence-electron chi connectivity index (χ0n) is 18.0. The lowest BCUT2D eigenvalue weighted by Crippen LogP contribution is -2.50. The fraction of sp³-hybridized carbons (Fsp3) is 0.250. The summed E-state index contributed by atoms with van der Waals surface area (Å²) in [6, 6.07) is 19.7. The Hall–Kier alpha value is -3.41. The van der Waals surface area contributed by atoms with Crippen molar-refractivity contribution in [3.05, 3.63) is 83.2 Å². The molecule has 0 radical (unpaired) electrons. The predicted octanol–water partition coefficient (Wildman–Crippen LogP) is 3.11. The number of hydrogen-bond acceptors (Lipinski definition) is 4. The molecule has 0 bridgehead atoms. The Morgan fingerprint density at radius 3 is 2.06 bits per heavy atom. The van der Waals surface area contributed by atoms with E-state index in [0.717, 1.165) is 17.1 Å². The van der Waals surface area contributed by atoms with E-state index in [0.29, 0.717) is 18.7 Å². The van der Waals surface area contributed by atoms with Crippen LogP contribution in [-0.2, 0) is 10.0 Å². The van der Waals surface area contributed by atoms with Crippen LogP contribution in [0.5, 0.6) is 0 Å². The number of nitriles is 1. The first-order valence-electron chi connectivity index (χ1n) is 10.4. The largest absolute Gasteiger partial charge is 0.336 e. The van der Waals surface area contributed by atoms with Gasteiger partial charge in [0.15, 0.2) is 0 Å². The number of nitrogens with zero attached hydrogens (tertiary/aromatic N) is 4. The van der Waals surface area contributed by atoms with Gasteiger partial charge in [0.25, 0.3) is 5.91 Å². The average molecular weight is 449 g/mol. The highest BCUT2D eigenvalue weighted by molar-refractivity contribution is 7.89. The van der Waals surface area contributed by atoms with Gasteiger partial charge in [-0.2, -0.15) is 9.57 Å². The van der Waals surface area contributed by atoms with E-state index in [9.17, 15) is 18.5 Å². The average Bonchev–Trinajstić information content (AvgIpc) is 3.16. The zero-order valence-corrected chi connectivity index (χ0v) is 18.8. The van der Waals surface area contributed by atoms with Crippen LogP contribution in [-0.4, -0.2) is 54.3 Å². The number of benzene rings is 2. The Bertz CT molecular complexity index is 1280. The second-order valence-electron chi connectivity index (χ2n) is 7.80. The van der Waals surface area contributed by atoms with E-state index in [-0.39, 0.29) is 29.5 Å². The van der Waals surface area contributed by atoms with Crippen LogP contribution in [0.15, 0.2) is 65.6 Å². The third-order valence-electron chi connectivity index (χ3n) is 5.79. The van der Waals surface area contributed by atoms with E-state index in [1.54, 1.807) is 17.0 Å². The minimum atomic E-state index is -3.79. The van der Waals surface area contributed by atoms with Gasteiger partial charge < -0.3 is 9.47 Å². The molecule has 3 aromatic rings. The van der Waals surface area contributed by atoms with Crippen LogP contribution < -0.4 is 0 Å². The molecule has 1 amide bonds. The highest BCUT2D eigenvalue weighted by atomic mass is 32.2. The van der Waals surface area contributed by atoms with Crippen LogP contribution in [0.1, 0.15) is 27.3 Å². The number of carbonyl (C=O) groups excluding carboxylic acids is 1. The molecule has 1 aliphatic heterocycles. The molecule has 1 aliphatic rings. The zero-order chi connectivity index (χ0) is 22.9. The van der Waals surface area contributed by atoms with Crippen molar-refractivity contribution in [2.75, 3.05) is 26.2 Å². The molecule has 7 nitrogen and oxygen atoms in total. The van der Waals surface area contributed by atoms with Gasteiger partial charge in [-0.25, -0.2) is 8.42 Å². The molecule has 0 spiro atoms. The number of aryl methyl sites for hydroxylation is 2. The molecule has 1 aromatic heterocycles. The second kappa shape index (κ2) is 8.61. The standard InChI is InChI=1S/C24H24N4O3S/c1-18-7-8-19(2)28(18)22-11-9-20(10-12-22)24(29)26-13-15-27(16-14-26)32(30,31)23-6-4-3-5-21(23)17-25/h3-12H,13-16H2,1-2H3. The molecule has 0 unspecified atom stereocenters. The predicted molar refractivity (Wildman–Crippen MR) is 121 cm³/mol. The molecular weight excluding hydrogens is 424 g/mol. The Morgan fingerprint density at radius 2 is 1.47 bits per heavy atom. The minimum absolute atomic E-state index is 0.00784. The monoisotopic (exact) mass is 448 g/mol. The van der Waals surface area contributed by atoms with Crippen molar-refractivity contribution in [3.63, 3.8) is 0 Å². The molecule has 2 aromatic carbocycles. The van der Waals surface area contributed by atoms with Gasteiger partial charge >= 0.3 is 0 Å². The van der Waals surface area contributed by atoms with Crippen molar-refractivity contribution in [2.45, 2.75) is 18.7 Å². The first kappa shape index (κ1) is 21.8. The van der Waals surface area contributed by atoms with Crippen molar-refractivity contribution < 1.29 is 13.2 Å². The number of amides is 1. The van der Waals surface area contributed by atoms with Crippen molar-refractivity contribution in [2.24, 2.45) is 0 Å². The van der Waals surface area contributed by atoms with Gasteiger partial charge in [0.2, 0.25) is 10.0 Å². The molecule has 1 saturated heterocycles. The highest BCUT2D eigenvalue weighted by Gasteiger charge is 2.31. The van der Waals surface area contributed by atoms with Gasteiger partial charge in [-0.15, -0.1) is 0 Å². The lowest BCUT2D eigenvalue weighted by Gasteiger charge is -2.34. The van der Waals surface area contributed by atoms with E-state index >= 15 is 0 Å². The maximum absolute atomic E-state index is 13.0. The Morgan fingerprint density at radius 1 is 0.875 bits per heavy atom. The summed E-state index contributed by atoms with van der Waals surface area (Å²) in [6.07, 6.45) is 0. The topological polar surface area (TPSA) is 86.4 Å². The van der Waals surface area contributed by atoms with E-state index in [2.05, 4.69) is 16.7 Å². The lowest BCUT2D eigenvalue weighted by atomic mass is 10.1. The van der Waals surface area contributed by atoms with Gasteiger partial charge in [0, 0.05) is 48.8 Å². The number of carbonyl (C=O) groups is 1. The molecule has 0 saturated carbocycles. The molecule has 2 heterocycles. The lowest BCUT2D eigenvalue weighted by molar-refractivity contribution is 0.0698. The summed E-state index contributed by atoms with van der Waals surface area (Å²) in [5.74, 6) is -0.119. The molecule has 164 valence electrons. The first-order valence-corrected chi connectivity index (χ1v) is 11.8. The van der Waals surface area contributed by atoms with E-state index in [4.69, 9.17) is 0 Å². The summed E-state index contributed by atoms with van der Waals surface area (Å²) in [6.45, 7) is 5.04. The van der Waals surface area contributed by atoms with Crippen molar-refractivity contribution in [3.8, 4) is 11.8 Å². The molecule has 0 N–H and O–H groups in total. The molecule has 8 heteroatoms. The summed E-state index contributed by atoms with van der Waals surface area (Å²) in [5.41, 5.74) is 3.93. The summed E-state index contributed by atoms with van der Waals surface area (Å²) in [5, 5.41) is 9.24. The normalized spacial score (nSPS) is 14.8. The summed E-state index contributed by atoms with van der Waals surface area (Å²) in [4.78, 5) is 14.6. The number of piperazine rings is 1. The van der Waals surface area contributed by atoms with Crippen LogP contribution in [0.3, 0.4) is 0 Å².